The Morgan fingerprint density at radius 1 is 1.35 bits per heavy atom. The molecule has 8 nitrogen and oxygen atoms in total. The molecule has 0 saturated carbocycles. The molecule has 23 heavy (non-hydrogen) atoms. The first-order chi connectivity index (χ1) is 11.0. The predicted octanol–water partition coefficient (Wildman–Crippen LogP) is 2.16. The largest absolute Gasteiger partial charge is 0.480 e. The molecular weight excluding hydrogens is 302 g/mol. The Morgan fingerprint density at radius 2 is 2.13 bits per heavy atom. The van der Waals surface area contributed by atoms with E-state index in [0.29, 0.717) is 23.9 Å². The summed E-state index contributed by atoms with van der Waals surface area (Å²) in [5.41, 5.74) is 0.749. The summed E-state index contributed by atoms with van der Waals surface area (Å²) >= 11 is 0. The van der Waals surface area contributed by atoms with Crippen molar-refractivity contribution < 1.29 is 19.6 Å². The lowest BCUT2D eigenvalue weighted by molar-refractivity contribution is -0.384. The second-order valence-electron chi connectivity index (χ2n) is 5.54. The van der Waals surface area contributed by atoms with E-state index >= 15 is 0 Å². The molecule has 2 aromatic rings. The maximum absolute atomic E-state index is 12.7. The van der Waals surface area contributed by atoms with E-state index in [1.165, 1.54) is 29.3 Å². The van der Waals surface area contributed by atoms with Crippen LogP contribution in [0.3, 0.4) is 0 Å². The number of fused-ring (bicyclic) bond motifs is 1. The van der Waals surface area contributed by atoms with Gasteiger partial charge < -0.3 is 15.0 Å². The zero-order valence-corrected chi connectivity index (χ0v) is 12.2. The van der Waals surface area contributed by atoms with Gasteiger partial charge in [-0.25, -0.2) is 4.79 Å². The van der Waals surface area contributed by atoms with Gasteiger partial charge in [-0.2, -0.15) is 0 Å². The van der Waals surface area contributed by atoms with Gasteiger partial charge >= 0.3 is 5.97 Å². The predicted molar refractivity (Wildman–Crippen MR) is 81.3 cm³/mol. The summed E-state index contributed by atoms with van der Waals surface area (Å²) in [5, 5.41) is 20.6. The molecule has 3 rings (SSSR count). The van der Waals surface area contributed by atoms with Crippen molar-refractivity contribution in [3.63, 3.8) is 0 Å². The molecule has 0 bridgehead atoms. The number of benzene rings is 1. The van der Waals surface area contributed by atoms with Crippen LogP contribution in [0.15, 0.2) is 24.4 Å². The number of carbonyl (C=O) groups excluding carboxylic acids is 1. The van der Waals surface area contributed by atoms with E-state index in [9.17, 15) is 24.8 Å². The van der Waals surface area contributed by atoms with Gasteiger partial charge in [-0.3, -0.25) is 14.9 Å². The van der Waals surface area contributed by atoms with Crippen LogP contribution in [0.2, 0.25) is 0 Å². The number of rotatable bonds is 3. The summed E-state index contributed by atoms with van der Waals surface area (Å²) < 4.78 is 0. The van der Waals surface area contributed by atoms with E-state index in [2.05, 4.69) is 4.98 Å². The monoisotopic (exact) mass is 317 g/mol. The Kier molecular flexibility index (Phi) is 3.73. The normalized spacial score (nSPS) is 18.1. The third-order valence-electron chi connectivity index (χ3n) is 4.16. The van der Waals surface area contributed by atoms with Crippen LogP contribution in [0.25, 0.3) is 10.9 Å². The number of hydrogen-bond acceptors (Lipinski definition) is 4. The lowest BCUT2D eigenvalue weighted by atomic mass is 10.0. The van der Waals surface area contributed by atoms with E-state index in [0.717, 1.165) is 12.8 Å². The molecule has 1 amide bonds. The molecule has 2 heterocycles. The van der Waals surface area contributed by atoms with E-state index in [4.69, 9.17) is 0 Å². The molecule has 0 unspecified atom stereocenters. The molecule has 1 atom stereocenters. The van der Waals surface area contributed by atoms with Crippen molar-refractivity contribution in [2.75, 3.05) is 6.54 Å². The van der Waals surface area contributed by atoms with Gasteiger partial charge in [-0.15, -0.1) is 0 Å². The number of aliphatic carboxylic acids is 1. The van der Waals surface area contributed by atoms with E-state index in [1.807, 2.05) is 0 Å². The number of non-ortho nitro benzene ring substituents is 1. The van der Waals surface area contributed by atoms with E-state index in [-0.39, 0.29) is 11.3 Å². The fraction of sp³-hybridized carbons (Fsp3) is 0.333. The highest BCUT2D eigenvalue weighted by atomic mass is 16.6. The molecule has 0 radical (unpaired) electrons. The summed E-state index contributed by atoms with van der Waals surface area (Å²) in [6, 6.07) is 3.38. The highest BCUT2D eigenvalue weighted by Crippen LogP contribution is 2.27. The van der Waals surface area contributed by atoms with Crippen molar-refractivity contribution in [1.29, 1.82) is 0 Å². The van der Waals surface area contributed by atoms with Crippen LogP contribution in [0.4, 0.5) is 5.69 Å². The molecule has 0 aliphatic carbocycles. The number of aromatic nitrogens is 1. The van der Waals surface area contributed by atoms with Gasteiger partial charge in [0.2, 0.25) is 0 Å². The lowest BCUT2D eigenvalue weighted by Crippen LogP contribution is -2.47. The third kappa shape index (κ3) is 2.63. The zero-order valence-electron chi connectivity index (χ0n) is 12.2. The summed E-state index contributed by atoms with van der Waals surface area (Å²) in [5.74, 6) is -1.44. The topological polar surface area (TPSA) is 117 Å². The molecule has 1 aromatic carbocycles. The molecule has 1 aliphatic rings. The summed E-state index contributed by atoms with van der Waals surface area (Å²) in [6.45, 7) is 0.372. The average Bonchev–Trinajstić information content (AvgIpc) is 2.97. The zero-order chi connectivity index (χ0) is 16.6. The standard InChI is InChI=1S/C15H15N3O5/c19-14(17-6-2-1-3-13(17)15(20)21)11-8-16-12-5-4-9(18(22)23)7-10(11)12/h4-5,7-8,13,16H,1-3,6H2,(H,20,21)/t13-/m1/s1. The molecule has 1 fully saturated rings. The van der Waals surface area contributed by atoms with Crippen molar-refractivity contribution in [3.8, 4) is 0 Å². The second kappa shape index (κ2) is 5.71. The summed E-state index contributed by atoms with van der Waals surface area (Å²) in [6.07, 6.45) is 3.41. The fourth-order valence-electron chi connectivity index (χ4n) is 2.99. The second-order valence-corrected chi connectivity index (χ2v) is 5.54. The fourth-order valence-corrected chi connectivity index (χ4v) is 2.99. The van der Waals surface area contributed by atoms with Crippen LogP contribution < -0.4 is 0 Å². The number of amides is 1. The van der Waals surface area contributed by atoms with Gasteiger partial charge in [0.05, 0.1) is 10.5 Å². The minimum atomic E-state index is -1.02. The van der Waals surface area contributed by atoms with Crippen LogP contribution in [0.5, 0.6) is 0 Å². The van der Waals surface area contributed by atoms with Gasteiger partial charge in [-0.05, 0) is 25.3 Å². The van der Waals surface area contributed by atoms with Gasteiger partial charge in [-0.1, -0.05) is 0 Å². The van der Waals surface area contributed by atoms with Crippen molar-refractivity contribution in [1.82, 2.24) is 9.88 Å². The molecule has 8 heteroatoms. The van der Waals surface area contributed by atoms with Crippen LogP contribution >= 0.6 is 0 Å². The van der Waals surface area contributed by atoms with Gasteiger partial charge in [0.1, 0.15) is 6.04 Å². The molecular formula is C15H15N3O5. The summed E-state index contributed by atoms with van der Waals surface area (Å²) in [4.78, 5) is 38.7. The number of carboxylic acids is 1. The highest BCUT2D eigenvalue weighted by molar-refractivity contribution is 6.08. The van der Waals surface area contributed by atoms with Gasteiger partial charge in [0.25, 0.3) is 11.6 Å². The Bertz CT molecular complexity index is 798. The molecule has 0 spiro atoms. The third-order valence-corrected chi connectivity index (χ3v) is 4.16. The quantitative estimate of drug-likeness (QED) is 0.664. The number of nitrogens with one attached hydrogen (secondary N) is 1. The molecule has 1 aromatic heterocycles. The number of hydrogen-bond donors (Lipinski definition) is 2. The first-order valence-corrected chi connectivity index (χ1v) is 7.28. The van der Waals surface area contributed by atoms with E-state index in [1.54, 1.807) is 0 Å². The van der Waals surface area contributed by atoms with Crippen LogP contribution in [0, 0.1) is 10.1 Å². The SMILES string of the molecule is O=C(O)[C@H]1CCCCN1C(=O)c1c[nH]c2ccc([N+](=O)[O-])cc12. The summed E-state index contributed by atoms with van der Waals surface area (Å²) in [7, 11) is 0. The average molecular weight is 317 g/mol. The highest BCUT2D eigenvalue weighted by Gasteiger charge is 2.33. The van der Waals surface area contributed by atoms with Crippen LogP contribution in [-0.4, -0.2) is 44.4 Å². The van der Waals surface area contributed by atoms with Crippen molar-refractivity contribution in [3.05, 3.63) is 40.1 Å². The maximum atomic E-state index is 12.7. The number of aromatic amines is 1. The number of carbonyl (C=O) groups is 2. The Hall–Kier alpha value is -2.90. The van der Waals surface area contributed by atoms with Gasteiger partial charge in [0.15, 0.2) is 0 Å². The van der Waals surface area contributed by atoms with E-state index < -0.39 is 22.8 Å². The number of likely N-dealkylation sites (tertiary alicyclic amines) is 1. The number of nitro benzene ring substituents is 1. The number of piperidine rings is 1. The number of H-pyrrole nitrogens is 1. The Morgan fingerprint density at radius 3 is 2.83 bits per heavy atom. The Balaban J connectivity index is 2.01. The van der Waals surface area contributed by atoms with Crippen LogP contribution in [0.1, 0.15) is 29.6 Å². The number of nitro groups is 1. The van der Waals surface area contributed by atoms with Crippen molar-refractivity contribution >= 4 is 28.5 Å². The molecule has 120 valence electrons. The van der Waals surface area contributed by atoms with Gasteiger partial charge in [0, 0.05) is 35.8 Å². The van der Waals surface area contributed by atoms with Crippen molar-refractivity contribution in [2.45, 2.75) is 25.3 Å². The molecule has 1 aliphatic heterocycles. The van der Waals surface area contributed by atoms with Crippen LogP contribution in [-0.2, 0) is 4.79 Å². The first kappa shape index (κ1) is 15.0. The number of carboxylic acid groups (broad SMARTS) is 1. The minimum Gasteiger partial charge on any atom is -0.480 e. The lowest BCUT2D eigenvalue weighted by Gasteiger charge is -2.32. The molecule has 2 N–H and O–H groups in total. The Labute approximate surface area is 130 Å². The van der Waals surface area contributed by atoms with Crippen molar-refractivity contribution in [2.24, 2.45) is 0 Å². The maximum Gasteiger partial charge on any atom is 0.326 e. The first-order valence-electron chi connectivity index (χ1n) is 7.28. The smallest absolute Gasteiger partial charge is 0.326 e. The number of nitrogens with zero attached hydrogens (tertiary/aromatic N) is 2. The minimum absolute atomic E-state index is 0.112. The molecule has 1 saturated heterocycles.